The normalized spacial score (nSPS) is 10.5. The maximum absolute atomic E-state index is 4.38. The Labute approximate surface area is 86.5 Å². The number of imidazole rings is 1. The van der Waals surface area contributed by atoms with Gasteiger partial charge in [-0.05, 0) is 13.3 Å². The van der Waals surface area contributed by atoms with Gasteiger partial charge in [-0.15, -0.1) is 0 Å². The van der Waals surface area contributed by atoms with Crippen molar-refractivity contribution in [2.45, 2.75) is 46.1 Å². The average molecular weight is 195 g/mol. The van der Waals surface area contributed by atoms with Crippen molar-refractivity contribution in [3.63, 3.8) is 0 Å². The van der Waals surface area contributed by atoms with Crippen molar-refractivity contribution in [3.8, 4) is 0 Å². The number of aryl methyl sites for hydroxylation is 2. The number of unbranched alkanes of at least 4 members (excludes halogenated alkanes) is 3. The standard InChI is InChI=1S/C11H21N3/c1-4-5-6-7-8-14-9-10(2)13-11(14)12-3/h9H,4-8H2,1-3H3,(H,12,13). The van der Waals surface area contributed by atoms with E-state index in [1.54, 1.807) is 0 Å². The number of hydrogen-bond donors (Lipinski definition) is 1. The highest BCUT2D eigenvalue weighted by Crippen LogP contribution is 2.10. The molecule has 1 aromatic heterocycles. The summed E-state index contributed by atoms with van der Waals surface area (Å²) in [6, 6.07) is 0. The topological polar surface area (TPSA) is 29.9 Å². The lowest BCUT2D eigenvalue weighted by Gasteiger charge is -2.05. The van der Waals surface area contributed by atoms with E-state index in [0.29, 0.717) is 0 Å². The fourth-order valence-corrected chi connectivity index (χ4v) is 1.63. The zero-order valence-electron chi connectivity index (χ0n) is 9.51. The molecule has 0 saturated heterocycles. The van der Waals surface area contributed by atoms with Crippen LogP contribution in [0.3, 0.4) is 0 Å². The molecule has 0 aliphatic heterocycles. The Balaban J connectivity index is 2.41. The summed E-state index contributed by atoms with van der Waals surface area (Å²) >= 11 is 0. The summed E-state index contributed by atoms with van der Waals surface area (Å²) in [5.41, 5.74) is 1.09. The summed E-state index contributed by atoms with van der Waals surface area (Å²) < 4.78 is 2.20. The third kappa shape index (κ3) is 3.05. The van der Waals surface area contributed by atoms with Crippen LogP contribution < -0.4 is 5.32 Å². The first-order valence-corrected chi connectivity index (χ1v) is 5.49. The van der Waals surface area contributed by atoms with Crippen molar-refractivity contribution in [2.75, 3.05) is 12.4 Å². The number of rotatable bonds is 6. The lowest BCUT2D eigenvalue weighted by atomic mass is 10.2. The van der Waals surface area contributed by atoms with Gasteiger partial charge in [0.2, 0.25) is 5.95 Å². The zero-order valence-corrected chi connectivity index (χ0v) is 9.51. The molecule has 3 heteroatoms. The second-order valence-electron chi connectivity index (χ2n) is 3.71. The molecule has 14 heavy (non-hydrogen) atoms. The van der Waals surface area contributed by atoms with Gasteiger partial charge in [0.1, 0.15) is 0 Å². The van der Waals surface area contributed by atoms with Crippen molar-refractivity contribution >= 4 is 5.95 Å². The van der Waals surface area contributed by atoms with E-state index in [2.05, 4.69) is 28.0 Å². The molecule has 0 spiro atoms. The fourth-order valence-electron chi connectivity index (χ4n) is 1.63. The molecule has 0 saturated carbocycles. The lowest BCUT2D eigenvalue weighted by Crippen LogP contribution is -2.02. The fraction of sp³-hybridized carbons (Fsp3) is 0.727. The van der Waals surface area contributed by atoms with Crippen LogP contribution in [0.1, 0.15) is 38.3 Å². The Bertz CT molecular complexity index is 265. The second-order valence-corrected chi connectivity index (χ2v) is 3.71. The molecule has 0 fully saturated rings. The van der Waals surface area contributed by atoms with E-state index in [0.717, 1.165) is 18.2 Å². The average Bonchev–Trinajstić information content (AvgIpc) is 2.54. The molecule has 0 aromatic carbocycles. The molecule has 80 valence electrons. The van der Waals surface area contributed by atoms with E-state index >= 15 is 0 Å². The molecule has 0 unspecified atom stereocenters. The third-order valence-electron chi connectivity index (χ3n) is 2.37. The molecule has 0 aliphatic carbocycles. The van der Waals surface area contributed by atoms with Gasteiger partial charge < -0.3 is 9.88 Å². The maximum Gasteiger partial charge on any atom is 0.202 e. The summed E-state index contributed by atoms with van der Waals surface area (Å²) in [4.78, 5) is 4.38. The van der Waals surface area contributed by atoms with E-state index in [1.165, 1.54) is 25.7 Å². The highest BCUT2D eigenvalue weighted by molar-refractivity contribution is 5.27. The van der Waals surface area contributed by atoms with Crippen LogP contribution in [0.5, 0.6) is 0 Å². The number of hydrogen-bond acceptors (Lipinski definition) is 2. The van der Waals surface area contributed by atoms with Crippen molar-refractivity contribution in [1.82, 2.24) is 9.55 Å². The Morgan fingerprint density at radius 3 is 2.79 bits per heavy atom. The van der Waals surface area contributed by atoms with E-state index in [1.807, 2.05) is 14.0 Å². The Kier molecular flexibility index (Phi) is 4.50. The predicted octanol–water partition coefficient (Wildman–Crippen LogP) is 2.81. The van der Waals surface area contributed by atoms with E-state index < -0.39 is 0 Å². The van der Waals surface area contributed by atoms with Gasteiger partial charge in [-0.2, -0.15) is 0 Å². The molecule has 1 aromatic rings. The van der Waals surface area contributed by atoms with Gasteiger partial charge in [0, 0.05) is 19.8 Å². The molecule has 0 bridgehead atoms. The van der Waals surface area contributed by atoms with Crippen LogP contribution in [0.2, 0.25) is 0 Å². The summed E-state index contributed by atoms with van der Waals surface area (Å²) in [6.07, 6.45) is 7.30. The first-order chi connectivity index (χ1) is 6.77. The summed E-state index contributed by atoms with van der Waals surface area (Å²) in [5.74, 6) is 0.985. The van der Waals surface area contributed by atoms with Crippen LogP contribution >= 0.6 is 0 Å². The maximum atomic E-state index is 4.38. The summed E-state index contributed by atoms with van der Waals surface area (Å²) in [6.45, 7) is 5.35. The van der Waals surface area contributed by atoms with Gasteiger partial charge in [0.25, 0.3) is 0 Å². The van der Waals surface area contributed by atoms with Crippen LogP contribution in [0.4, 0.5) is 5.95 Å². The van der Waals surface area contributed by atoms with Gasteiger partial charge in [0.05, 0.1) is 5.69 Å². The van der Waals surface area contributed by atoms with Gasteiger partial charge in [-0.25, -0.2) is 4.98 Å². The van der Waals surface area contributed by atoms with Crippen molar-refractivity contribution < 1.29 is 0 Å². The summed E-state index contributed by atoms with van der Waals surface area (Å²) in [7, 11) is 1.92. The highest BCUT2D eigenvalue weighted by Gasteiger charge is 2.02. The van der Waals surface area contributed by atoms with Gasteiger partial charge in [-0.1, -0.05) is 26.2 Å². The molecule has 1 N–H and O–H groups in total. The minimum absolute atomic E-state index is 0.985. The largest absolute Gasteiger partial charge is 0.359 e. The zero-order chi connectivity index (χ0) is 10.4. The molecule has 1 heterocycles. The minimum Gasteiger partial charge on any atom is -0.359 e. The SMILES string of the molecule is CCCCCCn1cc(C)nc1NC. The number of anilines is 1. The molecule has 0 aliphatic rings. The molecular weight excluding hydrogens is 174 g/mol. The molecule has 0 atom stereocenters. The second kappa shape index (κ2) is 5.68. The van der Waals surface area contributed by atoms with Crippen molar-refractivity contribution in [1.29, 1.82) is 0 Å². The van der Waals surface area contributed by atoms with E-state index in [9.17, 15) is 0 Å². The minimum atomic E-state index is 0.985. The van der Waals surface area contributed by atoms with Crippen LogP contribution in [-0.2, 0) is 6.54 Å². The summed E-state index contributed by atoms with van der Waals surface area (Å²) in [5, 5.41) is 3.11. The quantitative estimate of drug-likeness (QED) is 0.707. The molecule has 1 rings (SSSR count). The predicted molar refractivity (Wildman–Crippen MR) is 60.7 cm³/mol. The smallest absolute Gasteiger partial charge is 0.202 e. The monoisotopic (exact) mass is 195 g/mol. The van der Waals surface area contributed by atoms with Crippen LogP contribution in [0.15, 0.2) is 6.20 Å². The Morgan fingerprint density at radius 2 is 2.14 bits per heavy atom. The van der Waals surface area contributed by atoms with Crippen molar-refractivity contribution in [2.24, 2.45) is 0 Å². The molecule has 3 nitrogen and oxygen atoms in total. The number of nitrogens with zero attached hydrogens (tertiary/aromatic N) is 2. The molecular formula is C11H21N3. The number of nitrogens with one attached hydrogen (secondary N) is 1. The van der Waals surface area contributed by atoms with Gasteiger partial charge in [-0.3, -0.25) is 0 Å². The third-order valence-corrected chi connectivity index (χ3v) is 2.37. The Hall–Kier alpha value is -0.990. The van der Waals surface area contributed by atoms with Gasteiger partial charge in [0.15, 0.2) is 0 Å². The van der Waals surface area contributed by atoms with Crippen LogP contribution in [-0.4, -0.2) is 16.6 Å². The van der Waals surface area contributed by atoms with Crippen LogP contribution in [0.25, 0.3) is 0 Å². The van der Waals surface area contributed by atoms with E-state index in [4.69, 9.17) is 0 Å². The molecule has 0 radical (unpaired) electrons. The molecule has 0 amide bonds. The first-order valence-electron chi connectivity index (χ1n) is 5.49. The van der Waals surface area contributed by atoms with Crippen LogP contribution in [0, 0.1) is 6.92 Å². The lowest BCUT2D eigenvalue weighted by molar-refractivity contribution is 0.585. The first kappa shape index (κ1) is 11.1. The van der Waals surface area contributed by atoms with E-state index in [-0.39, 0.29) is 0 Å². The Morgan fingerprint density at radius 1 is 1.36 bits per heavy atom. The van der Waals surface area contributed by atoms with Gasteiger partial charge >= 0.3 is 0 Å². The highest BCUT2D eigenvalue weighted by atomic mass is 15.2. The van der Waals surface area contributed by atoms with Crippen molar-refractivity contribution in [3.05, 3.63) is 11.9 Å². The number of aromatic nitrogens is 2.